The highest BCUT2D eigenvalue weighted by molar-refractivity contribution is 6.09. The van der Waals surface area contributed by atoms with Crippen molar-refractivity contribution in [3.05, 3.63) is 95.6 Å². The fourth-order valence-electron chi connectivity index (χ4n) is 2.83. The zero-order valence-corrected chi connectivity index (χ0v) is 17.4. The molecule has 0 atom stereocenters. The largest absolute Gasteiger partial charge is 0.489 e. The van der Waals surface area contributed by atoms with Crippen molar-refractivity contribution in [3.8, 4) is 5.75 Å². The molecular weight excluding hydrogens is 376 g/mol. The van der Waals surface area contributed by atoms with E-state index in [1.165, 1.54) is 0 Å². The maximum absolute atomic E-state index is 12.7. The van der Waals surface area contributed by atoms with Crippen LogP contribution in [0.25, 0.3) is 0 Å². The Balaban J connectivity index is 1.66. The Bertz CT molecular complexity index is 1010. The van der Waals surface area contributed by atoms with Crippen LogP contribution in [0, 0.1) is 0 Å². The van der Waals surface area contributed by atoms with E-state index in [9.17, 15) is 9.59 Å². The third-order valence-corrected chi connectivity index (χ3v) is 4.27. The average molecular weight is 402 g/mol. The number of para-hydroxylation sites is 2. The van der Waals surface area contributed by atoms with E-state index in [-0.39, 0.29) is 17.4 Å². The molecule has 154 valence electrons. The van der Waals surface area contributed by atoms with Crippen LogP contribution in [0.5, 0.6) is 5.75 Å². The van der Waals surface area contributed by atoms with Crippen LogP contribution in [-0.2, 0) is 6.61 Å². The molecule has 3 aromatic rings. The quantitative estimate of drug-likeness (QED) is 0.607. The normalized spacial score (nSPS) is 10.9. The molecule has 0 bridgehead atoms. The lowest BCUT2D eigenvalue weighted by Crippen LogP contribution is -2.40. The molecule has 2 N–H and O–H groups in total. The van der Waals surface area contributed by atoms with Crippen molar-refractivity contribution in [1.29, 1.82) is 0 Å². The SMILES string of the molecule is CC(C)(C)NC(=O)c1ccccc1NC(=O)c1ccc(COc2ccccc2)cc1. The van der Waals surface area contributed by atoms with Crippen molar-refractivity contribution < 1.29 is 14.3 Å². The summed E-state index contributed by atoms with van der Waals surface area (Å²) in [5.41, 5.74) is 1.99. The molecule has 0 saturated heterocycles. The van der Waals surface area contributed by atoms with Crippen LogP contribution in [0.2, 0.25) is 0 Å². The average Bonchev–Trinajstić information content (AvgIpc) is 2.72. The van der Waals surface area contributed by atoms with Crippen molar-refractivity contribution >= 4 is 17.5 Å². The molecule has 0 heterocycles. The van der Waals surface area contributed by atoms with Gasteiger partial charge in [0.2, 0.25) is 0 Å². The van der Waals surface area contributed by atoms with E-state index >= 15 is 0 Å². The highest BCUT2D eigenvalue weighted by Crippen LogP contribution is 2.18. The van der Waals surface area contributed by atoms with Crippen LogP contribution in [0.3, 0.4) is 0 Å². The van der Waals surface area contributed by atoms with Crippen molar-refractivity contribution in [2.75, 3.05) is 5.32 Å². The van der Waals surface area contributed by atoms with Crippen LogP contribution in [0.15, 0.2) is 78.9 Å². The molecule has 5 heteroatoms. The molecule has 0 radical (unpaired) electrons. The molecule has 5 nitrogen and oxygen atoms in total. The second kappa shape index (κ2) is 9.27. The number of carbonyl (C=O) groups excluding carboxylic acids is 2. The number of nitrogens with one attached hydrogen (secondary N) is 2. The number of anilines is 1. The van der Waals surface area contributed by atoms with Gasteiger partial charge in [-0.3, -0.25) is 9.59 Å². The monoisotopic (exact) mass is 402 g/mol. The van der Waals surface area contributed by atoms with Gasteiger partial charge in [0.05, 0.1) is 11.3 Å². The Morgan fingerprint density at radius 1 is 0.800 bits per heavy atom. The van der Waals surface area contributed by atoms with Gasteiger partial charge in [0, 0.05) is 11.1 Å². The van der Waals surface area contributed by atoms with E-state index in [1.54, 1.807) is 36.4 Å². The molecule has 2 amide bonds. The molecule has 0 fully saturated rings. The summed E-state index contributed by atoms with van der Waals surface area (Å²) in [6, 6.07) is 23.8. The first-order valence-electron chi connectivity index (χ1n) is 9.81. The van der Waals surface area contributed by atoms with Crippen molar-refractivity contribution in [2.45, 2.75) is 32.9 Å². The van der Waals surface area contributed by atoms with Crippen LogP contribution < -0.4 is 15.4 Å². The smallest absolute Gasteiger partial charge is 0.255 e. The summed E-state index contributed by atoms with van der Waals surface area (Å²) in [6.45, 7) is 6.15. The minimum Gasteiger partial charge on any atom is -0.489 e. The lowest BCUT2D eigenvalue weighted by atomic mass is 10.1. The van der Waals surface area contributed by atoms with Gasteiger partial charge in [0.25, 0.3) is 11.8 Å². The highest BCUT2D eigenvalue weighted by atomic mass is 16.5. The van der Waals surface area contributed by atoms with Crippen LogP contribution in [-0.4, -0.2) is 17.4 Å². The Morgan fingerprint density at radius 2 is 1.43 bits per heavy atom. The molecule has 0 saturated carbocycles. The van der Waals surface area contributed by atoms with Gasteiger partial charge in [-0.25, -0.2) is 0 Å². The Morgan fingerprint density at radius 3 is 2.10 bits per heavy atom. The van der Waals surface area contributed by atoms with Crippen LogP contribution in [0.4, 0.5) is 5.69 Å². The lowest BCUT2D eigenvalue weighted by molar-refractivity contribution is 0.0920. The first-order chi connectivity index (χ1) is 14.3. The highest BCUT2D eigenvalue weighted by Gasteiger charge is 2.19. The van der Waals surface area contributed by atoms with Gasteiger partial charge in [-0.15, -0.1) is 0 Å². The third-order valence-electron chi connectivity index (χ3n) is 4.27. The number of rotatable bonds is 6. The Labute approximate surface area is 177 Å². The van der Waals surface area contributed by atoms with E-state index in [2.05, 4.69) is 10.6 Å². The Kier molecular flexibility index (Phi) is 6.52. The predicted molar refractivity (Wildman–Crippen MR) is 119 cm³/mol. The van der Waals surface area contributed by atoms with Gasteiger partial charge in [-0.1, -0.05) is 42.5 Å². The van der Waals surface area contributed by atoms with Gasteiger partial charge < -0.3 is 15.4 Å². The van der Waals surface area contributed by atoms with E-state index in [0.29, 0.717) is 23.4 Å². The van der Waals surface area contributed by atoms with Gasteiger partial charge in [0.1, 0.15) is 12.4 Å². The van der Waals surface area contributed by atoms with Gasteiger partial charge in [0.15, 0.2) is 0 Å². The van der Waals surface area contributed by atoms with Crippen molar-refractivity contribution in [3.63, 3.8) is 0 Å². The van der Waals surface area contributed by atoms with Gasteiger partial charge in [-0.05, 0) is 62.7 Å². The van der Waals surface area contributed by atoms with Crippen molar-refractivity contribution in [1.82, 2.24) is 5.32 Å². The minimum atomic E-state index is -0.369. The fourth-order valence-corrected chi connectivity index (χ4v) is 2.83. The first kappa shape index (κ1) is 21.1. The van der Waals surface area contributed by atoms with E-state index < -0.39 is 0 Å². The third kappa shape index (κ3) is 5.95. The molecule has 0 unspecified atom stereocenters. The van der Waals surface area contributed by atoms with E-state index in [0.717, 1.165) is 11.3 Å². The van der Waals surface area contributed by atoms with Gasteiger partial charge >= 0.3 is 0 Å². The van der Waals surface area contributed by atoms with Crippen molar-refractivity contribution in [2.24, 2.45) is 0 Å². The molecule has 0 aliphatic rings. The second-order valence-corrected chi connectivity index (χ2v) is 8.00. The number of carbonyl (C=O) groups is 2. The molecule has 0 aliphatic carbocycles. The summed E-state index contributed by atoms with van der Waals surface area (Å²) in [7, 11) is 0. The number of benzene rings is 3. The summed E-state index contributed by atoms with van der Waals surface area (Å²) in [5.74, 6) is 0.290. The zero-order chi connectivity index (χ0) is 21.6. The summed E-state index contributed by atoms with van der Waals surface area (Å²) in [5, 5.41) is 5.76. The summed E-state index contributed by atoms with van der Waals surface area (Å²) in [6.07, 6.45) is 0. The van der Waals surface area contributed by atoms with E-state index in [4.69, 9.17) is 4.74 Å². The van der Waals surface area contributed by atoms with Gasteiger partial charge in [-0.2, -0.15) is 0 Å². The first-order valence-corrected chi connectivity index (χ1v) is 9.81. The molecule has 3 aromatic carbocycles. The standard InChI is InChI=1S/C25H26N2O3/c1-25(2,3)27-24(29)21-11-7-8-12-22(21)26-23(28)19-15-13-18(14-16-19)17-30-20-9-5-4-6-10-20/h4-16H,17H2,1-3H3,(H,26,28)(H,27,29). The second-order valence-electron chi connectivity index (χ2n) is 8.00. The Hall–Kier alpha value is -3.60. The fraction of sp³-hybridized carbons (Fsp3) is 0.200. The zero-order valence-electron chi connectivity index (χ0n) is 17.4. The van der Waals surface area contributed by atoms with Crippen LogP contribution >= 0.6 is 0 Å². The molecular formula is C25H26N2O3. The summed E-state index contributed by atoms with van der Waals surface area (Å²) < 4.78 is 5.72. The lowest BCUT2D eigenvalue weighted by Gasteiger charge is -2.21. The summed E-state index contributed by atoms with van der Waals surface area (Å²) >= 11 is 0. The molecule has 0 spiro atoms. The summed E-state index contributed by atoms with van der Waals surface area (Å²) in [4.78, 5) is 25.2. The molecule has 3 rings (SSSR count). The van der Waals surface area contributed by atoms with E-state index in [1.807, 2.05) is 63.2 Å². The maximum Gasteiger partial charge on any atom is 0.255 e. The molecule has 0 aliphatic heterocycles. The van der Waals surface area contributed by atoms with Crippen LogP contribution in [0.1, 0.15) is 47.1 Å². The number of amides is 2. The topological polar surface area (TPSA) is 67.4 Å². The maximum atomic E-state index is 12.7. The minimum absolute atomic E-state index is 0.230. The molecule has 30 heavy (non-hydrogen) atoms. The predicted octanol–water partition coefficient (Wildman–Crippen LogP) is 5.05. The number of hydrogen-bond acceptors (Lipinski definition) is 3. The number of hydrogen-bond donors (Lipinski definition) is 2. The number of ether oxygens (including phenoxy) is 1. The molecule has 0 aromatic heterocycles.